The Labute approximate surface area is 111 Å². The minimum atomic E-state index is -0.245. The van der Waals surface area contributed by atoms with Crippen LogP contribution in [0.1, 0.15) is 10.9 Å². The molecule has 17 heavy (non-hydrogen) atoms. The van der Waals surface area contributed by atoms with Crippen LogP contribution >= 0.6 is 27.3 Å². The van der Waals surface area contributed by atoms with E-state index in [0.717, 1.165) is 17.9 Å². The molecule has 0 aliphatic carbocycles. The molecule has 1 atom stereocenters. The van der Waals surface area contributed by atoms with Gasteiger partial charge in [-0.3, -0.25) is 0 Å². The maximum Gasteiger partial charge on any atom is 0.139 e. The van der Waals surface area contributed by atoms with Crippen LogP contribution in [0.4, 0.5) is 15.8 Å². The van der Waals surface area contributed by atoms with Gasteiger partial charge in [-0.25, -0.2) is 4.39 Å². The number of anilines is 2. The summed E-state index contributed by atoms with van der Waals surface area (Å²) in [6.45, 7) is 0.811. The van der Waals surface area contributed by atoms with Crippen LogP contribution in [0.2, 0.25) is 0 Å². The summed E-state index contributed by atoms with van der Waals surface area (Å²) in [6.07, 6.45) is 0. The van der Waals surface area contributed by atoms with E-state index in [-0.39, 0.29) is 11.9 Å². The van der Waals surface area contributed by atoms with E-state index in [0.29, 0.717) is 4.47 Å². The van der Waals surface area contributed by atoms with Crippen molar-refractivity contribution in [3.63, 3.8) is 0 Å². The van der Waals surface area contributed by atoms with E-state index >= 15 is 0 Å². The molecule has 1 aliphatic heterocycles. The van der Waals surface area contributed by atoms with Crippen LogP contribution in [-0.4, -0.2) is 6.54 Å². The second-order valence-electron chi connectivity index (χ2n) is 3.91. The molecule has 0 bridgehead atoms. The van der Waals surface area contributed by atoms with Crippen molar-refractivity contribution in [3.05, 3.63) is 44.8 Å². The number of benzene rings is 1. The molecule has 1 aromatic carbocycles. The monoisotopic (exact) mass is 312 g/mol. The predicted molar refractivity (Wildman–Crippen MR) is 73.3 cm³/mol. The Morgan fingerprint density at radius 2 is 2.24 bits per heavy atom. The standard InChI is InChI=1S/C12H10BrFN2S/c13-7-4-9-10(5-8(7)14)16-11(6-15-9)12-2-1-3-17-12/h1-5,11,15-16H,6H2. The Hall–Kier alpha value is -1.07. The predicted octanol–water partition coefficient (Wildman–Crippen LogP) is 4.23. The lowest BCUT2D eigenvalue weighted by molar-refractivity contribution is 0.620. The van der Waals surface area contributed by atoms with E-state index in [9.17, 15) is 4.39 Å². The lowest BCUT2D eigenvalue weighted by Crippen LogP contribution is -2.25. The molecule has 0 saturated heterocycles. The van der Waals surface area contributed by atoms with E-state index in [1.807, 2.05) is 6.07 Å². The Bertz CT molecular complexity index is 542. The van der Waals surface area contributed by atoms with Gasteiger partial charge in [0.1, 0.15) is 5.82 Å². The van der Waals surface area contributed by atoms with Crippen molar-refractivity contribution < 1.29 is 4.39 Å². The molecule has 0 saturated carbocycles. The number of hydrogen-bond donors (Lipinski definition) is 2. The molecule has 2 nitrogen and oxygen atoms in total. The third-order valence-corrected chi connectivity index (χ3v) is 4.37. The van der Waals surface area contributed by atoms with Crippen molar-refractivity contribution in [2.45, 2.75) is 6.04 Å². The zero-order chi connectivity index (χ0) is 11.8. The largest absolute Gasteiger partial charge is 0.381 e. The van der Waals surface area contributed by atoms with Crippen molar-refractivity contribution in [1.29, 1.82) is 0 Å². The molecule has 1 unspecified atom stereocenters. The van der Waals surface area contributed by atoms with Crippen LogP contribution in [0.5, 0.6) is 0 Å². The molecule has 5 heteroatoms. The first kappa shape index (κ1) is 11.0. The summed E-state index contributed by atoms with van der Waals surface area (Å²) in [4.78, 5) is 1.26. The first-order valence-corrected chi connectivity index (χ1v) is 6.94. The SMILES string of the molecule is Fc1cc2c(cc1Br)NCC(c1cccs1)N2. The maximum atomic E-state index is 13.5. The van der Waals surface area contributed by atoms with Gasteiger partial charge in [0.2, 0.25) is 0 Å². The highest BCUT2D eigenvalue weighted by atomic mass is 79.9. The molecule has 1 aliphatic rings. The first-order chi connectivity index (χ1) is 8.24. The van der Waals surface area contributed by atoms with E-state index in [2.05, 4.69) is 38.0 Å². The molecular weight excluding hydrogens is 303 g/mol. The normalized spacial score (nSPS) is 18.1. The van der Waals surface area contributed by atoms with Crippen molar-refractivity contribution in [3.8, 4) is 0 Å². The van der Waals surface area contributed by atoms with Crippen LogP contribution in [-0.2, 0) is 0 Å². The van der Waals surface area contributed by atoms with Crippen LogP contribution in [0, 0.1) is 5.82 Å². The second-order valence-corrected chi connectivity index (χ2v) is 5.74. The van der Waals surface area contributed by atoms with Gasteiger partial charge in [-0.15, -0.1) is 11.3 Å². The topological polar surface area (TPSA) is 24.1 Å². The number of thiophene rings is 1. The summed E-state index contributed by atoms with van der Waals surface area (Å²) < 4.78 is 14.0. The quantitative estimate of drug-likeness (QED) is 0.823. The fourth-order valence-electron chi connectivity index (χ4n) is 1.92. The third-order valence-electron chi connectivity index (χ3n) is 2.77. The molecule has 1 aromatic heterocycles. The number of fused-ring (bicyclic) bond motifs is 1. The first-order valence-electron chi connectivity index (χ1n) is 5.27. The van der Waals surface area contributed by atoms with Gasteiger partial charge in [0, 0.05) is 17.5 Å². The number of rotatable bonds is 1. The van der Waals surface area contributed by atoms with Gasteiger partial charge in [0.15, 0.2) is 0 Å². The molecule has 2 heterocycles. The number of halogens is 2. The van der Waals surface area contributed by atoms with Gasteiger partial charge in [0.05, 0.1) is 21.9 Å². The van der Waals surface area contributed by atoms with Crippen molar-refractivity contribution >= 4 is 38.6 Å². The molecule has 88 valence electrons. The van der Waals surface area contributed by atoms with Crippen molar-refractivity contribution in [2.75, 3.05) is 17.2 Å². The van der Waals surface area contributed by atoms with Crippen molar-refractivity contribution in [1.82, 2.24) is 0 Å². The smallest absolute Gasteiger partial charge is 0.139 e. The van der Waals surface area contributed by atoms with Gasteiger partial charge in [-0.2, -0.15) is 0 Å². The lowest BCUT2D eigenvalue weighted by Gasteiger charge is -2.28. The van der Waals surface area contributed by atoms with Gasteiger partial charge in [0.25, 0.3) is 0 Å². The summed E-state index contributed by atoms with van der Waals surface area (Å²) in [5.41, 5.74) is 1.75. The molecule has 2 N–H and O–H groups in total. The average molecular weight is 313 g/mol. The minimum absolute atomic E-state index is 0.211. The zero-order valence-electron chi connectivity index (χ0n) is 8.84. The Balaban J connectivity index is 1.93. The molecule has 0 radical (unpaired) electrons. The molecular formula is C12H10BrFN2S. The molecule has 2 aromatic rings. The second kappa shape index (κ2) is 4.31. The summed E-state index contributed by atoms with van der Waals surface area (Å²) >= 11 is 4.89. The van der Waals surface area contributed by atoms with E-state index < -0.39 is 0 Å². The minimum Gasteiger partial charge on any atom is -0.381 e. The van der Waals surface area contributed by atoms with Gasteiger partial charge in [-0.05, 0) is 33.4 Å². The Morgan fingerprint density at radius 1 is 1.35 bits per heavy atom. The summed E-state index contributed by atoms with van der Waals surface area (Å²) in [7, 11) is 0. The lowest BCUT2D eigenvalue weighted by atomic mass is 10.1. The molecule has 0 spiro atoms. The Kier molecular flexibility index (Phi) is 2.80. The maximum absolute atomic E-state index is 13.5. The van der Waals surface area contributed by atoms with Crippen LogP contribution < -0.4 is 10.6 Å². The van der Waals surface area contributed by atoms with Gasteiger partial charge < -0.3 is 10.6 Å². The van der Waals surface area contributed by atoms with E-state index in [4.69, 9.17) is 0 Å². The van der Waals surface area contributed by atoms with Crippen LogP contribution in [0.3, 0.4) is 0 Å². The van der Waals surface area contributed by atoms with E-state index in [1.54, 1.807) is 17.4 Å². The fraction of sp³-hybridized carbons (Fsp3) is 0.167. The number of hydrogen-bond acceptors (Lipinski definition) is 3. The van der Waals surface area contributed by atoms with Crippen LogP contribution in [0.15, 0.2) is 34.1 Å². The van der Waals surface area contributed by atoms with E-state index in [1.165, 1.54) is 10.9 Å². The highest BCUT2D eigenvalue weighted by molar-refractivity contribution is 9.10. The summed E-state index contributed by atoms with van der Waals surface area (Å²) in [6, 6.07) is 7.61. The summed E-state index contributed by atoms with van der Waals surface area (Å²) in [5, 5.41) is 8.72. The van der Waals surface area contributed by atoms with Crippen molar-refractivity contribution in [2.24, 2.45) is 0 Å². The summed E-state index contributed by atoms with van der Waals surface area (Å²) in [5.74, 6) is -0.245. The average Bonchev–Trinajstić information content (AvgIpc) is 2.83. The molecule has 3 rings (SSSR count). The Morgan fingerprint density at radius 3 is 3.00 bits per heavy atom. The zero-order valence-corrected chi connectivity index (χ0v) is 11.2. The van der Waals surface area contributed by atoms with Crippen LogP contribution in [0.25, 0.3) is 0 Å². The highest BCUT2D eigenvalue weighted by Gasteiger charge is 2.20. The third kappa shape index (κ3) is 2.05. The van der Waals surface area contributed by atoms with Gasteiger partial charge >= 0.3 is 0 Å². The molecule has 0 amide bonds. The van der Waals surface area contributed by atoms with Gasteiger partial charge in [-0.1, -0.05) is 6.07 Å². The number of nitrogens with one attached hydrogen (secondary N) is 2. The molecule has 0 fully saturated rings. The fourth-order valence-corrected chi connectivity index (χ4v) is 3.05. The highest BCUT2D eigenvalue weighted by Crippen LogP contribution is 2.35.